The Morgan fingerprint density at radius 1 is 1.36 bits per heavy atom. The fraction of sp³-hybridized carbons (Fsp3) is 0.211. The van der Waals surface area contributed by atoms with Crippen LogP contribution in [0.2, 0.25) is 5.02 Å². The molecule has 0 fully saturated rings. The number of fused-ring (bicyclic) bond motifs is 1. The third-order valence-electron chi connectivity index (χ3n) is 4.01. The molecule has 0 atom stereocenters. The summed E-state index contributed by atoms with van der Waals surface area (Å²) in [6, 6.07) is 11.4. The first-order chi connectivity index (χ1) is 12.2. The minimum Gasteiger partial charge on any atom is -0.361 e. The summed E-state index contributed by atoms with van der Waals surface area (Å²) >= 11 is 6.00. The quantitative estimate of drug-likeness (QED) is 0.735. The largest absolute Gasteiger partial charge is 0.361 e. The standard InChI is InChI=1S/C19H17ClN4O/c20-16-4-5-17-15(12-23-18(17)10-16)9-19(25)24(8-2-6-21)13-14-3-1-7-22-11-14/h1,3-5,7,10-12,23H,2,8-9,13H2. The molecule has 0 aliphatic rings. The number of carbonyl (C=O) groups excluding carboxylic acids is 1. The van der Waals surface area contributed by atoms with Crippen LogP contribution in [0, 0.1) is 11.3 Å². The first kappa shape index (κ1) is 17.0. The van der Waals surface area contributed by atoms with E-state index in [4.69, 9.17) is 16.9 Å². The van der Waals surface area contributed by atoms with E-state index in [1.165, 1.54) is 0 Å². The number of aromatic nitrogens is 2. The van der Waals surface area contributed by atoms with E-state index in [1.54, 1.807) is 17.3 Å². The number of H-pyrrole nitrogens is 1. The Labute approximate surface area is 150 Å². The number of halogens is 1. The summed E-state index contributed by atoms with van der Waals surface area (Å²) in [5.41, 5.74) is 2.77. The first-order valence-electron chi connectivity index (χ1n) is 7.96. The van der Waals surface area contributed by atoms with E-state index in [9.17, 15) is 4.79 Å². The second-order valence-electron chi connectivity index (χ2n) is 5.77. The van der Waals surface area contributed by atoms with Crippen LogP contribution in [-0.4, -0.2) is 27.3 Å². The third kappa shape index (κ3) is 4.17. The van der Waals surface area contributed by atoms with Crippen molar-refractivity contribution in [2.45, 2.75) is 19.4 Å². The summed E-state index contributed by atoms with van der Waals surface area (Å²) in [5, 5.41) is 10.5. The molecule has 0 spiro atoms. The van der Waals surface area contributed by atoms with E-state index in [-0.39, 0.29) is 12.3 Å². The van der Waals surface area contributed by atoms with Gasteiger partial charge in [-0.15, -0.1) is 0 Å². The molecule has 1 aromatic carbocycles. The number of hydrogen-bond donors (Lipinski definition) is 1. The molecule has 0 aliphatic heterocycles. The minimum absolute atomic E-state index is 0.0186. The maximum atomic E-state index is 12.8. The highest BCUT2D eigenvalue weighted by atomic mass is 35.5. The van der Waals surface area contributed by atoms with Crippen LogP contribution in [0.15, 0.2) is 48.9 Å². The smallest absolute Gasteiger partial charge is 0.227 e. The summed E-state index contributed by atoms with van der Waals surface area (Å²) in [5.74, 6) is -0.0186. The van der Waals surface area contributed by atoms with Crippen molar-refractivity contribution in [1.29, 1.82) is 5.26 Å². The van der Waals surface area contributed by atoms with Crippen LogP contribution < -0.4 is 0 Å². The predicted molar refractivity (Wildman–Crippen MR) is 96.9 cm³/mol. The van der Waals surface area contributed by atoms with Crippen molar-refractivity contribution in [3.05, 3.63) is 65.1 Å². The second kappa shape index (κ2) is 7.82. The first-order valence-corrected chi connectivity index (χ1v) is 8.34. The van der Waals surface area contributed by atoms with Crippen molar-refractivity contribution in [3.63, 3.8) is 0 Å². The molecule has 2 heterocycles. The van der Waals surface area contributed by atoms with Crippen LogP contribution in [0.4, 0.5) is 0 Å². The van der Waals surface area contributed by atoms with Gasteiger partial charge in [0, 0.05) is 47.6 Å². The number of benzene rings is 1. The van der Waals surface area contributed by atoms with Gasteiger partial charge in [-0.2, -0.15) is 5.26 Å². The Morgan fingerprint density at radius 2 is 2.24 bits per heavy atom. The van der Waals surface area contributed by atoms with E-state index in [1.807, 2.05) is 36.5 Å². The van der Waals surface area contributed by atoms with E-state index in [2.05, 4.69) is 16.0 Å². The van der Waals surface area contributed by atoms with Crippen LogP contribution in [0.1, 0.15) is 17.5 Å². The summed E-state index contributed by atoms with van der Waals surface area (Å²) in [4.78, 5) is 21.7. The van der Waals surface area contributed by atoms with Gasteiger partial charge in [-0.25, -0.2) is 0 Å². The molecule has 0 saturated heterocycles. The molecule has 0 saturated carbocycles. The zero-order valence-corrected chi connectivity index (χ0v) is 14.3. The van der Waals surface area contributed by atoms with Crippen LogP contribution in [-0.2, 0) is 17.8 Å². The minimum atomic E-state index is -0.0186. The maximum absolute atomic E-state index is 12.8. The summed E-state index contributed by atoms with van der Waals surface area (Å²) in [7, 11) is 0. The highest BCUT2D eigenvalue weighted by Gasteiger charge is 2.16. The normalized spacial score (nSPS) is 10.6. The summed E-state index contributed by atoms with van der Waals surface area (Å²) in [6.45, 7) is 0.848. The maximum Gasteiger partial charge on any atom is 0.227 e. The Balaban J connectivity index is 1.78. The molecule has 0 aliphatic carbocycles. The number of nitrogens with one attached hydrogen (secondary N) is 1. The molecule has 2 aromatic heterocycles. The van der Waals surface area contributed by atoms with Crippen molar-refractivity contribution in [1.82, 2.24) is 14.9 Å². The van der Waals surface area contributed by atoms with Crippen LogP contribution >= 0.6 is 11.6 Å². The Bertz CT molecular complexity index is 914. The number of nitrogens with zero attached hydrogens (tertiary/aromatic N) is 3. The van der Waals surface area contributed by atoms with Crippen molar-refractivity contribution < 1.29 is 4.79 Å². The topological polar surface area (TPSA) is 72.8 Å². The fourth-order valence-corrected chi connectivity index (χ4v) is 2.94. The number of aromatic amines is 1. The van der Waals surface area contributed by atoms with Gasteiger partial charge in [0.1, 0.15) is 0 Å². The molecular formula is C19H17ClN4O. The van der Waals surface area contributed by atoms with Crippen molar-refractivity contribution in [3.8, 4) is 6.07 Å². The molecule has 1 N–H and O–H groups in total. The number of amides is 1. The second-order valence-corrected chi connectivity index (χ2v) is 6.20. The average molecular weight is 353 g/mol. The Hall–Kier alpha value is -2.84. The molecule has 6 heteroatoms. The number of rotatable bonds is 6. The fourth-order valence-electron chi connectivity index (χ4n) is 2.77. The molecule has 1 amide bonds. The van der Waals surface area contributed by atoms with E-state index >= 15 is 0 Å². The number of hydrogen-bond acceptors (Lipinski definition) is 3. The van der Waals surface area contributed by atoms with Crippen molar-refractivity contribution in [2.24, 2.45) is 0 Å². The zero-order chi connectivity index (χ0) is 17.6. The predicted octanol–water partition coefficient (Wildman–Crippen LogP) is 3.70. The number of pyridine rings is 1. The molecule has 0 radical (unpaired) electrons. The van der Waals surface area contributed by atoms with Gasteiger partial charge in [0.15, 0.2) is 0 Å². The van der Waals surface area contributed by atoms with E-state index < -0.39 is 0 Å². The lowest BCUT2D eigenvalue weighted by Gasteiger charge is -2.21. The highest BCUT2D eigenvalue weighted by Crippen LogP contribution is 2.23. The molecule has 3 rings (SSSR count). The van der Waals surface area contributed by atoms with Gasteiger partial charge in [-0.3, -0.25) is 9.78 Å². The van der Waals surface area contributed by atoms with Crippen LogP contribution in [0.25, 0.3) is 10.9 Å². The molecule has 126 valence electrons. The highest BCUT2D eigenvalue weighted by molar-refractivity contribution is 6.31. The zero-order valence-electron chi connectivity index (χ0n) is 13.6. The molecule has 25 heavy (non-hydrogen) atoms. The van der Waals surface area contributed by atoms with Gasteiger partial charge in [0.25, 0.3) is 0 Å². The van der Waals surface area contributed by atoms with E-state index in [0.717, 1.165) is 22.0 Å². The van der Waals surface area contributed by atoms with Gasteiger partial charge in [0.05, 0.1) is 18.9 Å². The van der Waals surface area contributed by atoms with Crippen LogP contribution in [0.3, 0.4) is 0 Å². The van der Waals surface area contributed by atoms with Gasteiger partial charge >= 0.3 is 0 Å². The Morgan fingerprint density at radius 3 is 3.00 bits per heavy atom. The van der Waals surface area contributed by atoms with Gasteiger partial charge in [-0.1, -0.05) is 23.7 Å². The van der Waals surface area contributed by atoms with Gasteiger partial charge in [0.2, 0.25) is 5.91 Å². The van der Waals surface area contributed by atoms with Crippen molar-refractivity contribution in [2.75, 3.05) is 6.54 Å². The number of carbonyl (C=O) groups is 1. The molecular weight excluding hydrogens is 336 g/mol. The third-order valence-corrected chi connectivity index (χ3v) is 4.25. The lowest BCUT2D eigenvalue weighted by atomic mass is 10.1. The monoisotopic (exact) mass is 352 g/mol. The van der Waals surface area contributed by atoms with E-state index in [0.29, 0.717) is 24.5 Å². The lowest BCUT2D eigenvalue weighted by Crippen LogP contribution is -2.32. The molecule has 5 nitrogen and oxygen atoms in total. The molecule has 0 unspecified atom stereocenters. The summed E-state index contributed by atoms with van der Waals surface area (Å²) in [6.07, 6.45) is 5.84. The Kier molecular flexibility index (Phi) is 5.32. The van der Waals surface area contributed by atoms with Crippen molar-refractivity contribution >= 4 is 28.4 Å². The lowest BCUT2D eigenvalue weighted by molar-refractivity contribution is -0.131. The van der Waals surface area contributed by atoms with Crippen LogP contribution in [0.5, 0.6) is 0 Å². The molecule has 0 bridgehead atoms. The average Bonchev–Trinajstić information content (AvgIpc) is 3.01. The van der Waals surface area contributed by atoms with Gasteiger partial charge < -0.3 is 9.88 Å². The molecule has 3 aromatic rings. The SMILES string of the molecule is N#CCCN(Cc1cccnc1)C(=O)Cc1c[nH]c2cc(Cl)ccc12. The number of nitriles is 1. The summed E-state index contributed by atoms with van der Waals surface area (Å²) < 4.78 is 0. The van der Waals surface area contributed by atoms with Gasteiger partial charge in [-0.05, 0) is 29.3 Å².